The maximum absolute atomic E-state index is 11.0. The van der Waals surface area contributed by atoms with Crippen molar-refractivity contribution in [1.82, 2.24) is 5.32 Å². The third-order valence-corrected chi connectivity index (χ3v) is 0.979. The molecule has 1 amide bonds. The van der Waals surface area contributed by atoms with Gasteiger partial charge >= 0.3 is 0 Å². The summed E-state index contributed by atoms with van der Waals surface area (Å²) in [5, 5.41) is 2.40. The van der Waals surface area contributed by atoms with Crippen LogP contribution in [-0.4, -0.2) is 12.2 Å². The van der Waals surface area contributed by atoms with Crippen molar-refractivity contribution in [2.24, 2.45) is 16.9 Å². The molecule has 0 atom stereocenters. The molecule has 0 unspecified atom stereocenters. The van der Waals surface area contributed by atoms with Gasteiger partial charge in [0.2, 0.25) is 5.91 Å². The fourth-order valence-electron chi connectivity index (χ4n) is 0.368. The molecule has 0 aromatic carbocycles. The van der Waals surface area contributed by atoms with Crippen LogP contribution in [0.1, 0.15) is 20.8 Å². The standard InChI is InChI=1S/C6H15N3O/c1-6(2,3)4(10)9-5(7)8/h5H,7-8H2,1-3H3,(H,9,10). The zero-order valence-electron chi connectivity index (χ0n) is 6.64. The average molecular weight is 145 g/mol. The summed E-state index contributed by atoms with van der Waals surface area (Å²) < 4.78 is 0. The molecule has 4 nitrogen and oxygen atoms in total. The number of rotatable bonds is 1. The van der Waals surface area contributed by atoms with E-state index in [0.29, 0.717) is 0 Å². The van der Waals surface area contributed by atoms with Crippen molar-refractivity contribution in [2.75, 3.05) is 0 Å². The van der Waals surface area contributed by atoms with E-state index in [2.05, 4.69) is 5.32 Å². The highest BCUT2D eigenvalue weighted by Gasteiger charge is 2.21. The summed E-state index contributed by atoms with van der Waals surface area (Å²) in [5.41, 5.74) is 9.85. The number of carbonyl (C=O) groups excluding carboxylic acids is 1. The lowest BCUT2D eigenvalue weighted by atomic mass is 9.96. The lowest BCUT2D eigenvalue weighted by molar-refractivity contribution is -0.129. The van der Waals surface area contributed by atoms with Crippen LogP contribution in [0.25, 0.3) is 0 Å². The van der Waals surface area contributed by atoms with Crippen LogP contribution in [0.5, 0.6) is 0 Å². The zero-order chi connectivity index (χ0) is 8.36. The fraction of sp³-hybridized carbons (Fsp3) is 0.833. The van der Waals surface area contributed by atoms with E-state index in [9.17, 15) is 4.79 Å². The Bertz CT molecular complexity index is 125. The summed E-state index contributed by atoms with van der Waals surface area (Å²) in [4.78, 5) is 11.0. The Morgan fingerprint density at radius 3 is 1.90 bits per heavy atom. The summed E-state index contributed by atoms with van der Waals surface area (Å²) in [6, 6.07) is 0. The molecule has 0 radical (unpaired) electrons. The number of carbonyl (C=O) groups is 1. The first kappa shape index (κ1) is 9.39. The molecule has 0 saturated carbocycles. The second-order valence-corrected chi connectivity index (χ2v) is 3.25. The summed E-state index contributed by atoms with van der Waals surface area (Å²) in [6.45, 7) is 5.39. The van der Waals surface area contributed by atoms with E-state index in [1.807, 2.05) is 0 Å². The monoisotopic (exact) mass is 145 g/mol. The molecule has 0 aliphatic rings. The van der Waals surface area contributed by atoms with Gasteiger partial charge in [0.15, 0.2) is 0 Å². The van der Waals surface area contributed by atoms with Crippen molar-refractivity contribution in [3.63, 3.8) is 0 Å². The molecule has 0 fully saturated rings. The maximum Gasteiger partial charge on any atom is 0.227 e. The average Bonchev–Trinajstić information content (AvgIpc) is 1.60. The molecular weight excluding hydrogens is 130 g/mol. The Hall–Kier alpha value is -0.610. The predicted molar refractivity (Wildman–Crippen MR) is 39.8 cm³/mol. The van der Waals surface area contributed by atoms with Gasteiger partial charge in [-0.05, 0) is 0 Å². The van der Waals surface area contributed by atoms with Gasteiger partial charge in [0.05, 0.1) is 0 Å². The number of hydrogen-bond donors (Lipinski definition) is 3. The van der Waals surface area contributed by atoms with Crippen LogP contribution in [0.4, 0.5) is 0 Å². The Morgan fingerprint density at radius 1 is 1.40 bits per heavy atom. The molecule has 0 aliphatic heterocycles. The molecule has 0 bridgehead atoms. The number of nitrogens with two attached hydrogens (primary N) is 2. The van der Waals surface area contributed by atoms with E-state index >= 15 is 0 Å². The third-order valence-electron chi connectivity index (χ3n) is 0.979. The van der Waals surface area contributed by atoms with Crippen LogP contribution >= 0.6 is 0 Å². The SMILES string of the molecule is CC(C)(C)C(=O)NC(N)N. The zero-order valence-corrected chi connectivity index (χ0v) is 6.64. The first-order chi connectivity index (χ1) is 4.34. The molecule has 0 saturated heterocycles. The van der Waals surface area contributed by atoms with Crippen molar-refractivity contribution in [3.05, 3.63) is 0 Å². The van der Waals surface area contributed by atoms with Crippen LogP contribution in [0.3, 0.4) is 0 Å². The van der Waals surface area contributed by atoms with Crippen LogP contribution in [0.2, 0.25) is 0 Å². The highest BCUT2D eigenvalue weighted by Crippen LogP contribution is 2.11. The lowest BCUT2D eigenvalue weighted by Crippen LogP contribution is -2.51. The van der Waals surface area contributed by atoms with E-state index in [1.54, 1.807) is 20.8 Å². The van der Waals surface area contributed by atoms with Gasteiger partial charge in [0.1, 0.15) is 6.29 Å². The van der Waals surface area contributed by atoms with E-state index in [1.165, 1.54) is 0 Å². The van der Waals surface area contributed by atoms with Crippen molar-refractivity contribution >= 4 is 5.91 Å². The second kappa shape index (κ2) is 2.98. The summed E-state index contributed by atoms with van der Waals surface area (Å²) >= 11 is 0. The molecule has 5 N–H and O–H groups in total. The van der Waals surface area contributed by atoms with Crippen LogP contribution in [0, 0.1) is 5.41 Å². The van der Waals surface area contributed by atoms with Crippen molar-refractivity contribution in [3.8, 4) is 0 Å². The summed E-state index contributed by atoms with van der Waals surface area (Å²) in [7, 11) is 0. The first-order valence-electron chi connectivity index (χ1n) is 3.16. The van der Waals surface area contributed by atoms with Gasteiger partial charge in [-0.15, -0.1) is 0 Å². The van der Waals surface area contributed by atoms with Crippen LogP contribution in [0.15, 0.2) is 0 Å². The Labute approximate surface area is 61.0 Å². The van der Waals surface area contributed by atoms with Gasteiger partial charge in [-0.1, -0.05) is 20.8 Å². The van der Waals surface area contributed by atoms with Crippen molar-refractivity contribution in [2.45, 2.75) is 27.1 Å². The smallest absolute Gasteiger partial charge is 0.227 e. The molecule has 0 aliphatic carbocycles. The van der Waals surface area contributed by atoms with Gasteiger partial charge in [-0.3, -0.25) is 16.3 Å². The van der Waals surface area contributed by atoms with E-state index in [0.717, 1.165) is 0 Å². The summed E-state index contributed by atoms with van der Waals surface area (Å²) in [6.07, 6.45) is -0.758. The Balaban J connectivity index is 3.87. The molecular formula is C6H15N3O. The molecule has 4 heteroatoms. The normalized spacial score (nSPS) is 11.8. The molecule has 10 heavy (non-hydrogen) atoms. The molecule has 0 spiro atoms. The van der Waals surface area contributed by atoms with Gasteiger partial charge in [0, 0.05) is 5.41 Å². The molecule has 0 heterocycles. The summed E-state index contributed by atoms with van der Waals surface area (Å²) in [5.74, 6) is -0.137. The van der Waals surface area contributed by atoms with E-state index < -0.39 is 11.7 Å². The van der Waals surface area contributed by atoms with Crippen LogP contribution < -0.4 is 16.8 Å². The molecule has 0 rings (SSSR count). The number of amides is 1. The quantitative estimate of drug-likeness (QED) is 0.429. The highest BCUT2D eigenvalue weighted by molar-refractivity contribution is 5.81. The molecule has 60 valence electrons. The van der Waals surface area contributed by atoms with Gasteiger partial charge in [-0.2, -0.15) is 0 Å². The lowest BCUT2D eigenvalue weighted by Gasteiger charge is -2.19. The third kappa shape index (κ3) is 3.42. The molecule has 0 aromatic rings. The van der Waals surface area contributed by atoms with Gasteiger partial charge in [0.25, 0.3) is 0 Å². The van der Waals surface area contributed by atoms with Gasteiger partial charge in [-0.25, -0.2) is 0 Å². The highest BCUT2D eigenvalue weighted by atomic mass is 16.2. The number of nitrogens with one attached hydrogen (secondary N) is 1. The maximum atomic E-state index is 11.0. The van der Waals surface area contributed by atoms with Crippen molar-refractivity contribution in [1.29, 1.82) is 0 Å². The van der Waals surface area contributed by atoms with E-state index in [-0.39, 0.29) is 5.91 Å². The Morgan fingerprint density at radius 2 is 1.80 bits per heavy atom. The minimum Gasteiger partial charge on any atom is -0.328 e. The second-order valence-electron chi connectivity index (χ2n) is 3.25. The minimum absolute atomic E-state index is 0.137. The Kier molecular flexibility index (Phi) is 2.80. The topological polar surface area (TPSA) is 81.1 Å². The van der Waals surface area contributed by atoms with Crippen molar-refractivity contribution < 1.29 is 4.79 Å². The van der Waals surface area contributed by atoms with E-state index in [4.69, 9.17) is 11.5 Å². The predicted octanol–water partition coefficient (Wildman–Crippen LogP) is -0.650. The largest absolute Gasteiger partial charge is 0.328 e. The number of hydrogen-bond acceptors (Lipinski definition) is 3. The van der Waals surface area contributed by atoms with Crippen LogP contribution in [-0.2, 0) is 4.79 Å². The fourth-order valence-corrected chi connectivity index (χ4v) is 0.368. The molecule has 0 aromatic heterocycles. The minimum atomic E-state index is -0.758. The van der Waals surface area contributed by atoms with Gasteiger partial charge < -0.3 is 5.32 Å². The first-order valence-corrected chi connectivity index (χ1v) is 3.16.